The average Bonchev–Trinajstić information content (AvgIpc) is 2.70. The number of fused-ring (bicyclic) bond motifs is 1. The van der Waals surface area contributed by atoms with Crippen molar-refractivity contribution in [3.05, 3.63) is 65.5 Å². The van der Waals surface area contributed by atoms with Crippen molar-refractivity contribution in [2.75, 3.05) is 5.75 Å². The molecule has 0 aromatic heterocycles. The van der Waals surface area contributed by atoms with Crippen LogP contribution < -0.4 is 4.74 Å². The Morgan fingerprint density at radius 3 is 2.43 bits per heavy atom. The number of benzene rings is 3. The molecule has 0 aliphatic carbocycles. The Morgan fingerprint density at radius 2 is 1.80 bits per heavy atom. The largest absolute Gasteiger partial charge is 0.481 e. The van der Waals surface area contributed by atoms with Crippen LogP contribution in [0.5, 0.6) is 11.5 Å². The first kappa shape index (κ1) is 21.8. The maximum absolute atomic E-state index is 13.9. The highest BCUT2D eigenvalue weighted by Crippen LogP contribution is 2.36. The van der Waals surface area contributed by atoms with E-state index in [1.165, 1.54) is 24.3 Å². The van der Waals surface area contributed by atoms with Crippen LogP contribution in [-0.4, -0.2) is 25.2 Å². The molecule has 0 aliphatic rings. The van der Waals surface area contributed by atoms with E-state index in [1.807, 2.05) is 6.92 Å². The van der Waals surface area contributed by atoms with Crippen LogP contribution in [0, 0.1) is 12.7 Å². The van der Waals surface area contributed by atoms with E-state index in [0.717, 1.165) is 6.42 Å². The van der Waals surface area contributed by atoms with Gasteiger partial charge in [0.05, 0.1) is 17.1 Å². The number of rotatable bonds is 8. The second-order valence-electron chi connectivity index (χ2n) is 7.17. The van der Waals surface area contributed by atoms with Crippen molar-refractivity contribution in [1.29, 1.82) is 0 Å². The topological polar surface area (TPSA) is 80.7 Å². The van der Waals surface area contributed by atoms with Gasteiger partial charge < -0.3 is 9.84 Å². The lowest BCUT2D eigenvalue weighted by atomic mass is 9.98. The fourth-order valence-corrected chi connectivity index (χ4v) is 4.71. The van der Waals surface area contributed by atoms with Gasteiger partial charge in [-0.05, 0) is 66.3 Å². The number of hydrogen-bond donors (Lipinski definition) is 1. The third-order valence-electron chi connectivity index (χ3n) is 4.92. The van der Waals surface area contributed by atoms with Crippen molar-refractivity contribution in [3.8, 4) is 11.5 Å². The summed E-state index contributed by atoms with van der Waals surface area (Å²) in [5.74, 6) is -0.595. The number of aliphatic carboxylic acids is 1. The summed E-state index contributed by atoms with van der Waals surface area (Å²) in [7, 11) is -3.35. The molecule has 3 aromatic carbocycles. The summed E-state index contributed by atoms with van der Waals surface area (Å²) in [6.07, 6.45) is 1.19. The zero-order valence-electron chi connectivity index (χ0n) is 16.8. The van der Waals surface area contributed by atoms with E-state index in [0.29, 0.717) is 39.8 Å². The van der Waals surface area contributed by atoms with Gasteiger partial charge in [-0.3, -0.25) is 4.79 Å². The number of sulfone groups is 1. The summed E-state index contributed by atoms with van der Waals surface area (Å²) in [4.78, 5) is 11.4. The zero-order valence-corrected chi connectivity index (χ0v) is 17.6. The van der Waals surface area contributed by atoms with Gasteiger partial charge in [-0.25, -0.2) is 12.8 Å². The molecule has 5 nitrogen and oxygen atoms in total. The standard InChI is InChI=1S/C23H23FO5S/c1-3-4-11-30(27,28)20-9-7-19(8-10-20)29-23-15(2)17(13-22(25)26)12-16-5-6-18(24)14-21(16)23/h5-10,12,14H,3-4,11,13H2,1-2H3,(H,25,26). The van der Waals surface area contributed by atoms with Crippen molar-refractivity contribution in [1.82, 2.24) is 0 Å². The summed E-state index contributed by atoms with van der Waals surface area (Å²) in [6, 6.07) is 12.0. The van der Waals surface area contributed by atoms with Gasteiger partial charge in [0.2, 0.25) is 0 Å². The van der Waals surface area contributed by atoms with E-state index in [2.05, 4.69) is 0 Å². The highest BCUT2D eigenvalue weighted by molar-refractivity contribution is 7.91. The molecule has 7 heteroatoms. The molecule has 3 rings (SSSR count). The number of carbonyl (C=O) groups is 1. The molecule has 0 amide bonds. The smallest absolute Gasteiger partial charge is 0.307 e. The van der Waals surface area contributed by atoms with Gasteiger partial charge in [-0.2, -0.15) is 0 Å². The molecule has 0 radical (unpaired) electrons. The molecule has 0 saturated heterocycles. The van der Waals surface area contributed by atoms with Crippen LogP contribution in [0.2, 0.25) is 0 Å². The van der Waals surface area contributed by atoms with Gasteiger partial charge >= 0.3 is 5.97 Å². The first-order chi connectivity index (χ1) is 14.2. The quantitative estimate of drug-likeness (QED) is 0.526. The first-order valence-corrected chi connectivity index (χ1v) is 11.3. The summed E-state index contributed by atoms with van der Waals surface area (Å²) in [6.45, 7) is 3.65. The molecule has 0 fully saturated rings. The maximum atomic E-state index is 13.9. The van der Waals surface area contributed by atoms with E-state index >= 15 is 0 Å². The van der Waals surface area contributed by atoms with Crippen LogP contribution in [0.3, 0.4) is 0 Å². The Hall–Kier alpha value is -2.93. The van der Waals surface area contributed by atoms with Gasteiger partial charge in [-0.1, -0.05) is 25.5 Å². The lowest BCUT2D eigenvalue weighted by molar-refractivity contribution is -0.136. The van der Waals surface area contributed by atoms with Crippen LogP contribution >= 0.6 is 0 Å². The third kappa shape index (κ3) is 4.79. The average molecular weight is 430 g/mol. The zero-order chi connectivity index (χ0) is 21.9. The Kier molecular flexibility index (Phi) is 6.41. The van der Waals surface area contributed by atoms with E-state index in [-0.39, 0.29) is 17.1 Å². The minimum Gasteiger partial charge on any atom is -0.481 e. The number of hydrogen-bond acceptors (Lipinski definition) is 4. The Morgan fingerprint density at radius 1 is 1.10 bits per heavy atom. The normalized spacial score (nSPS) is 11.6. The Balaban J connectivity index is 2.01. The van der Waals surface area contributed by atoms with Gasteiger partial charge in [0, 0.05) is 5.39 Å². The Labute approximate surface area is 175 Å². The van der Waals surface area contributed by atoms with Crippen LogP contribution in [0.1, 0.15) is 30.9 Å². The van der Waals surface area contributed by atoms with E-state index in [9.17, 15) is 22.7 Å². The first-order valence-electron chi connectivity index (χ1n) is 9.65. The number of carboxylic acid groups (broad SMARTS) is 1. The number of carboxylic acids is 1. The van der Waals surface area contributed by atoms with Crippen molar-refractivity contribution >= 4 is 26.6 Å². The van der Waals surface area contributed by atoms with Crippen molar-refractivity contribution in [2.24, 2.45) is 0 Å². The molecule has 3 aromatic rings. The van der Waals surface area contributed by atoms with Crippen molar-refractivity contribution in [2.45, 2.75) is 38.0 Å². The highest BCUT2D eigenvalue weighted by atomic mass is 32.2. The summed E-state index contributed by atoms with van der Waals surface area (Å²) in [5, 5.41) is 10.4. The molecule has 158 valence electrons. The van der Waals surface area contributed by atoms with Crippen molar-refractivity contribution < 1.29 is 27.4 Å². The molecule has 0 saturated carbocycles. The van der Waals surface area contributed by atoms with E-state index in [1.54, 1.807) is 31.2 Å². The summed E-state index contributed by atoms with van der Waals surface area (Å²) in [5.41, 5.74) is 1.16. The monoisotopic (exact) mass is 430 g/mol. The van der Waals surface area contributed by atoms with Crippen LogP contribution in [0.4, 0.5) is 4.39 Å². The SMILES string of the molecule is CCCCS(=O)(=O)c1ccc(Oc2c(C)c(CC(=O)O)cc3ccc(F)cc23)cc1. The van der Waals surface area contributed by atoms with Crippen molar-refractivity contribution in [3.63, 3.8) is 0 Å². The van der Waals surface area contributed by atoms with Gasteiger partial charge in [0.1, 0.15) is 17.3 Å². The predicted octanol–water partition coefficient (Wildman–Crippen LogP) is 5.28. The highest BCUT2D eigenvalue weighted by Gasteiger charge is 2.17. The second-order valence-corrected chi connectivity index (χ2v) is 9.28. The number of unbranched alkanes of at least 4 members (excludes halogenated alkanes) is 1. The summed E-state index contributed by atoms with van der Waals surface area (Å²) >= 11 is 0. The third-order valence-corrected chi connectivity index (χ3v) is 6.74. The van der Waals surface area contributed by atoms with Gasteiger partial charge in [-0.15, -0.1) is 0 Å². The lowest BCUT2D eigenvalue weighted by Gasteiger charge is -2.16. The second kappa shape index (κ2) is 8.83. The fraction of sp³-hybridized carbons (Fsp3) is 0.261. The molecule has 0 aliphatic heterocycles. The number of halogens is 1. The van der Waals surface area contributed by atoms with Gasteiger partial charge in [0.15, 0.2) is 9.84 Å². The molecule has 0 atom stereocenters. The molecule has 1 N–H and O–H groups in total. The molecule has 0 heterocycles. The molecule has 0 bridgehead atoms. The van der Waals surface area contributed by atoms with Crippen LogP contribution in [0.25, 0.3) is 10.8 Å². The predicted molar refractivity (Wildman–Crippen MR) is 113 cm³/mol. The fourth-order valence-electron chi connectivity index (χ4n) is 3.26. The maximum Gasteiger partial charge on any atom is 0.307 e. The molecular formula is C23H23FO5S. The molecular weight excluding hydrogens is 407 g/mol. The summed E-state index contributed by atoms with van der Waals surface area (Å²) < 4.78 is 44.5. The van der Waals surface area contributed by atoms with Crippen LogP contribution in [0.15, 0.2) is 53.4 Å². The minimum absolute atomic E-state index is 0.0873. The Bertz CT molecular complexity index is 1180. The minimum atomic E-state index is -3.35. The van der Waals surface area contributed by atoms with Crippen LogP contribution in [-0.2, 0) is 21.1 Å². The van der Waals surface area contributed by atoms with E-state index < -0.39 is 21.6 Å². The van der Waals surface area contributed by atoms with E-state index in [4.69, 9.17) is 4.74 Å². The molecule has 0 unspecified atom stereocenters. The molecule has 0 spiro atoms. The number of ether oxygens (including phenoxy) is 1. The van der Waals surface area contributed by atoms with Gasteiger partial charge in [0.25, 0.3) is 0 Å². The lowest BCUT2D eigenvalue weighted by Crippen LogP contribution is -2.06. The molecule has 30 heavy (non-hydrogen) atoms.